The van der Waals surface area contributed by atoms with Crippen molar-refractivity contribution in [3.63, 3.8) is 0 Å². The monoisotopic (exact) mass is 462 g/mol. The minimum absolute atomic E-state index is 0.126. The molecule has 0 atom stereocenters. The molecule has 2 N–H and O–H groups in total. The fourth-order valence-corrected chi connectivity index (χ4v) is 5.01. The Kier molecular flexibility index (Phi) is 7.37. The van der Waals surface area contributed by atoms with Gasteiger partial charge in [-0.15, -0.1) is 0 Å². The molecule has 2 amide bonds. The lowest BCUT2D eigenvalue weighted by atomic mass is 10.1. The van der Waals surface area contributed by atoms with Gasteiger partial charge in [0.2, 0.25) is 5.09 Å². The quantitative estimate of drug-likeness (QED) is 0.639. The maximum absolute atomic E-state index is 12.9. The van der Waals surface area contributed by atoms with Crippen molar-refractivity contribution in [1.29, 1.82) is 0 Å². The maximum atomic E-state index is 12.9. The van der Waals surface area contributed by atoms with Crippen LogP contribution in [-0.4, -0.2) is 73.1 Å². The zero-order chi connectivity index (χ0) is 23.5. The summed E-state index contributed by atoms with van der Waals surface area (Å²) in [5, 5.41) is -0.329. The zero-order valence-electron chi connectivity index (χ0n) is 18.7. The van der Waals surface area contributed by atoms with Crippen molar-refractivity contribution in [2.24, 2.45) is 5.73 Å². The minimum atomic E-state index is -3.90. The summed E-state index contributed by atoms with van der Waals surface area (Å²) in [7, 11) is -3.90. The summed E-state index contributed by atoms with van der Waals surface area (Å²) in [5.74, 6) is -1.17. The molecule has 3 rings (SSSR count). The fraction of sp³-hybridized carbons (Fsp3) is 0.455. The van der Waals surface area contributed by atoms with Gasteiger partial charge in [0.15, 0.2) is 5.76 Å². The summed E-state index contributed by atoms with van der Waals surface area (Å²) in [6, 6.07) is 10.5. The van der Waals surface area contributed by atoms with Crippen LogP contribution in [-0.2, 0) is 16.6 Å². The third-order valence-electron chi connectivity index (χ3n) is 5.67. The molecular weight excluding hydrogens is 432 g/mol. The zero-order valence-corrected chi connectivity index (χ0v) is 19.5. The number of hydrogen-bond donors (Lipinski definition) is 1. The number of furan rings is 1. The highest BCUT2D eigenvalue weighted by atomic mass is 32.2. The van der Waals surface area contributed by atoms with E-state index in [2.05, 4.69) is 25.7 Å². The van der Waals surface area contributed by atoms with Gasteiger partial charge in [0.05, 0.1) is 0 Å². The lowest BCUT2D eigenvalue weighted by Crippen LogP contribution is -2.50. The van der Waals surface area contributed by atoms with Gasteiger partial charge in [0.25, 0.3) is 21.8 Å². The van der Waals surface area contributed by atoms with E-state index in [0.717, 1.165) is 18.7 Å². The number of sulfonamides is 1. The first-order valence-electron chi connectivity index (χ1n) is 10.7. The molecule has 9 nitrogen and oxygen atoms in total. The summed E-state index contributed by atoms with van der Waals surface area (Å²) in [6.07, 6.45) is 0. The highest BCUT2D eigenvalue weighted by Gasteiger charge is 2.32. The number of hydrogen-bond acceptors (Lipinski definition) is 6. The van der Waals surface area contributed by atoms with E-state index in [1.54, 1.807) is 4.90 Å². The molecule has 0 unspecified atom stereocenters. The predicted molar refractivity (Wildman–Crippen MR) is 120 cm³/mol. The van der Waals surface area contributed by atoms with E-state index in [9.17, 15) is 18.0 Å². The van der Waals surface area contributed by atoms with Gasteiger partial charge in [-0.25, -0.2) is 8.42 Å². The molecule has 1 saturated heterocycles. The van der Waals surface area contributed by atoms with Crippen molar-refractivity contribution >= 4 is 21.8 Å². The SMILES string of the molecule is CCN(Cc1ccc(C(=O)N2CCN(S(=O)(=O)c3ccc(C(N)=O)o3)CC2)cc1)C(C)C. The maximum Gasteiger partial charge on any atom is 0.284 e. The molecule has 2 aromatic rings. The standard InChI is InChI=1S/C22H30N4O5S/c1-4-24(16(2)3)15-17-5-7-18(8-6-17)22(28)25-11-13-26(14-12-25)32(29,30)20-10-9-19(31-20)21(23)27/h5-10,16H,4,11-15H2,1-3H3,(H2,23,27). The molecule has 1 aromatic carbocycles. The van der Waals surface area contributed by atoms with E-state index >= 15 is 0 Å². The van der Waals surface area contributed by atoms with Crippen LogP contribution in [0.4, 0.5) is 0 Å². The second-order valence-corrected chi connectivity index (χ2v) is 9.90. The van der Waals surface area contributed by atoms with Crippen LogP contribution in [0.2, 0.25) is 0 Å². The summed E-state index contributed by atoms with van der Waals surface area (Å²) in [6.45, 7) is 9.02. The van der Waals surface area contributed by atoms with Gasteiger partial charge in [0.1, 0.15) is 0 Å². The molecule has 0 spiro atoms. The molecular formula is C22H30N4O5S. The van der Waals surface area contributed by atoms with Crippen LogP contribution in [0.25, 0.3) is 0 Å². The van der Waals surface area contributed by atoms with E-state index < -0.39 is 15.9 Å². The number of carbonyl (C=O) groups is 2. The van der Waals surface area contributed by atoms with Crippen molar-refractivity contribution in [2.45, 2.75) is 38.5 Å². The molecule has 0 radical (unpaired) electrons. The minimum Gasteiger partial charge on any atom is -0.438 e. The number of carbonyl (C=O) groups excluding carboxylic acids is 2. The Morgan fingerprint density at radius 2 is 1.69 bits per heavy atom. The third kappa shape index (κ3) is 5.20. The molecule has 2 heterocycles. The number of piperazine rings is 1. The molecule has 32 heavy (non-hydrogen) atoms. The van der Waals surface area contributed by atoms with Crippen molar-refractivity contribution in [2.75, 3.05) is 32.7 Å². The van der Waals surface area contributed by atoms with Crippen LogP contribution in [0, 0.1) is 0 Å². The molecule has 0 aliphatic carbocycles. The Morgan fingerprint density at radius 1 is 1.06 bits per heavy atom. The number of rotatable bonds is 8. The molecule has 174 valence electrons. The largest absolute Gasteiger partial charge is 0.438 e. The molecule has 0 bridgehead atoms. The van der Waals surface area contributed by atoms with Crippen LogP contribution >= 0.6 is 0 Å². The average Bonchev–Trinajstić information content (AvgIpc) is 3.29. The normalized spacial score (nSPS) is 15.5. The molecule has 1 aliphatic heterocycles. The van der Waals surface area contributed by atoms with Gasteiger partial charge in [-0.1, -0.05) is 19.1 Å². The summed E-state index contributed by atoms with van der Waals surface area (Å²) in [4.78, 5) is 28.0. The lowest BCUT2D eigenvalue weighted by molar-refractivity contribution is 0.0696. The lowest BCUT2D eigenvalue weighted by Gasteiger charge is -2.33. The Morgan fingerprint density at radius 3 is 2.19 bits per heavy atom. The van der Waals surface area contributed by atoms with Crippen LogP contribution in [0.15, 0.2) is 45.9 Å². The smallest absolute Gasteiger partial charge is 0.284 e. The summed E-state index contributed by atoms with van der Waals surface area (Å²) in [5.41, 5.74) is 6.84. The second-order valence-electron chi connectivity index (χ2n) is 8.03. The van der Waals surface area contributed by atoms with Gasteiger partial charge in [-0.05, 0) is 50.2 Å². The van der Waals surface area contributed by atoms with E-state index in [1.807, 2.05) is 24.3 Å². The second kappa shape index (κ2) is 9.85. The average molecular weight is 463 g/mol. The Balaban J connectivity index is 1.61. The van der Waals surface area contributed by atoms with E-state index in [0.29, 0.717) is 11.6 Å². The topological polar surface area (TPSA) is 117 Å². The first kappa shape index (κ1) is 24.0. The number of nitrogens with zero attached hydrogens (tertiary/aromatic N) is 3. The number of benzene rings is 1. The van der Waals surface area contributed by atoms with E-state index in [-0.39, 0.29) is 42.9 Å². The van der Waals surface area contributed by atoms with Crippen molar-refractivity contribution < 1.29 is 22.4 Å². The van der Waals surface area contributed by atoms with Gasteiger partial charge in [0, 0.05) is 44.3 Å². The van der Waals surface area contributed by atoms with Crippen molar-refractivity contribution in [3.05, 3.63) is 53.3 Å². The molecule has 1 fully saturated rings. The fourth-order valence-electron chi connectivity index (χ4n) is 3.68. The van der Waals surface area contributed by atoms with Crippen LogP contribution in [0.3, 0.4) is 0 Å². The Labute approximate surface area is 188 Å². The number of amides is 2. The van der Waals surface area contributed by atoms with Crippen LogP contribution in [0.5, 0.6) is 0 Å². The molecule has 10 heteroatoms. The third-order valence-corrected chi connectivity index (χ3v) is 7.44. The van der Waals surface area contributed by atoms with Gasteiger partial charge >= 0.3 is 0 Å². The Bertz CT molecular complexity index is 1050. The van der Waals surface area contributed by atoms with Crippen LogP contribution < -0.4 is 5.73 Å². The van der Waals surface area contributed by atoms with E-state index in [1.165, 1.54) is 16.4 Å². The molecule has 1 aliphatic rings. The first-order chi connectivity index (χ1) is 15.1. The van der Waals surface area contributed by atoms with Crippen molar-refractivity contribution in [3.8, 4) is 0 Å². The summed E-state index contributed by atoms with van der Waals surface area (Å²) < 4.78 is 31.8. The highest BCUT2D eigenvalue weighted by Crippen LogP contribution is 2.21. The molecule has 1 aromatic heterocycles. The Hall–Kier alpha value is -2.69. The first-order valence-corrected chi connectivity index (χ1v) is 12.1. The molecule has 0 saturated carbocycles. The summed E-state index contributed by atoms with van der Waals surface area (Å²) >= 11 is 0. The van der Waals surface area contributed by atoms with E-state index in [4.69, 9.17) is 10.2 Å². The highest BCUT2D eigenvalue weighted by molar-refractivity contribution is 7.89. The van der Waals surface area contributed by atoms with Gasteiger partial charge in [-0.2, -0.15) is 4.31 Å². The number of primary amides is 1. The van der Waals surface area contributed by atoms with Crippen molar-refractivity contribution in [1.82, 2.24) is 14.1 Å². The number of nitrogens with two attached hydrogens (primary N) is 1. The van der Waals surface area contributed by atoms with Crippen LogP contribution in [0.1, 0.15) is 47.2 Å². The van der Waals surface area contributed by atoms with Gasteiger partial charge < -0.3 is 15.1 Å². The predicted octanol–water partition coefficient (Wildman–Crippen LogP) is 1.76. The van der Waals surface area contributed by atoms with Gasteiger partial charge in [-0.3, -0.25) is 14.5 Å².